The predicted octanol–water partition coefficient (Wildman–Crippen LogP) is 3.86. The quantitative estimate of drug-likeness (QED) is 0.576. The van der Waals surface area contributed by atoms with Crippen LogP contribution in [0.4, 0.5) is 0 Å². The van der Waals surface area contributed by atoms with Crippen LogP contribution in [-0.4, -0.2) is 35.9 Å². The second-order valence-electron chi connectivity index (χ2n) is 5.66. The molecule has 6 nitrogen and oxygen atoms in total. The average Bonchev–Trinajstić information content (AvgIpc) is 3.14. The van der Waals surface area contributed by atoms with Gasteiger partial charge in [-0.3, -0.25) is 0 Å². The molecule has 0 radical (unpaired) electrons. The van der Waals surface area contributed by atoms with Crippen LogP contribution >= 0.6 is 15.9 Å². The SMILES string of the molecule is COC(=O)c1cc(-c2ccccc2)n([C@H](C(=O)OC)c2ccccc2Br)n1. The molecule has 138 valence electrons. The fraction of sp³-hybridized carbons (Fsp3) is 0.150. The monoisotopic (exact) mass is 428 g/mol. The van der Waals surface area contributed by atoms with Crippen molar-refractivity contribution in [2.75, 3.05) is 14.2 Å². The molecule has 7 heteroatoms. The van der Waals surface area contributed by atoms with Gasteiger partial charge in [-0.25, -0.2) is 14.3 Å². The van der Waals surface area contributed by atoms with Gasteiger partial charge in [-0.1, -0.05) is 64.5 Å². The molecular weight excluding hydrogens is 412 g/mol. The molecule has 0 aliphatic rings. The summed E-state index contributed by atoms with van der Waals surface area (Å²) in [5, 5.41) is 4.36. The van der Waals surface area contributed by atoms with E-state index < -0.39 is 18.0 Å². The maximum absolute atomic E-state index is 12.7. The molecule has 0 fully saturated rings. The molecule has 2 aromatic carbocycles. The molecule has 0 aliphatic carbocycles. The molecule has 0 saturated heterocycles. The highest BCUT2D eigenvalue weighted by atomic mass is 79.9. The number of nitrogens with zero attached hydrogens (tertiary/aromatic N) is 2. The van der Waals surface area contributed by atoms with Crippen LogP contribution in [0.1, 0.15) is 22.1 Å². The van der Waals surface area contributed by atoms with Gasteiger partial charge in [-0.15, -0.1) is 0 Å². The maximum atomic E-state index is 12.7. The third kappa shape index (κ3) is 3.78. The molecule has 0 unspecified atom stereocenters. The predicted molar refractivity (Wildman–Crippen MR) is 103 cm³/mol. The van der Waals surface area contributed by atoms with E-state index >= 15 is 0 Å². The molecule has 1 aromatic heterocycles. The first-order valence-corrected chi connectivity index (χ1v) is 8.91. The number of halogens is 1. The van der Waals surface area contributed by atoms with Crippen LogP contribution in [0.2, 0.25) is 0 Å². The minimum Gasteiger partial charge on any atom is -0.467 e. The normalized spacial score (nSPS) is 11.7. The van der Waals surface area contributed by atoms with Crippen LogP contribution in [0.3, 0.4) is 0 Å². The zero-order chi connectivity index (χ0) is 19.4. The van der Waals surface area contributed by atoms with Crippen molar-refractivity contribution >= 4 is 27.9 Å². The van der Waals surface area contributed by atoms with Crippen molar-refractivity contribution in [3.63, 3.8) is 0 Å². The summed E-state index contributed by atoms with van der Waals surface area (Å²) < 4.78 is 12.0. The summed E-state index contributed by atoms with van der Waals surface area (Å²) in [5.74, 6) is -1.08. The molecule has 3 rings (SSSR count). The van der Waals surface area contributed by atoms with Crippen LogP contribution in [0.25, 0.3) is 11.3 Å². The standard InChI is InChI=1S/C20H17BrN2O4/c1-26-19(24)16-12-17(13-8-4-3-5-9-13)23(22-16)18(20(25)27-2)14-10-6-7-11-15(14)21/h3-12,18H,1-2H3/t18-/m0/s1. The van der Waals surface area contributed by atoms with Gasteiger partial charge in [0.05, 0.1) is 19.9 Å². The van der Waals surface area contributed by atoms with Crippen molar-refractivity contribution < 1.29 is 19.1 Å². The first-order valence-electron chi connectivity index (χ1n) is 8.12. The molecule has 27 heavy (non-hydrogen) atoms. The van der Waals surface area contributed by atoms with Gasteiger partial charge in [-0.2, -0.15) is 5.10 Å². The molecule has 0 bridgehead atoms. The van der Waals surface area contributed by atoms with Gasteiger partial charge in [0.25, 0.3) is 0 Å². The van der Waals surface area contributed by atoms with Gasteiger partial charge < -0.3 is 9.47 Å². The molecule has 1 heterocycles. The van der Waals surface area contributed by atoms with E-state index in [4.69, 9.17) is 9.47 Å². The summed E-state index contributed by atoms with van der Waals surface area (Å²) in [6, 6.07) is 17.4. The molecular formula is C20H17BrN2O4. The van der Waals surface area contributed by atoms with E-state index in [-0.39, 0.29) is 5.69 Å². The Morgan fingerprint density at radius 3 is 2.30 bits per heavy atom. The number of carbonyl (C=O) groups excluding carboxylic acids is 2. The van der Waals surface area contributed by atoms with E-state index in [1.807, 2.05) is 48.5 Å². The Morgan fingerprint density at radius 1 is 1.00 bits per heavy atom. The highest BCUT2D eigenvalue weighted by Gasteiger charge is 2.30. The largest absolute Gasteiger partial charge is 0.467 e. The van der Waals surface area contributed by atoms with E-state index in [1.54, 1.807) is 12.1 Å². The third-order valence-corrected chi connectivity index (χ3v) is 4.79. The number of methoxy groups -OCH3 is 2. The maximum Gasteiger partial charge on any atom is 0.358 e. The molecule has 1 atom stereocenters. The summed E-state index contributed by atoms with van der Waals surface area (Å²) in [5.41, 5.74) is 2.18. The second kappa shape index (κ2) is 8.18. The van der Waals surface area contributed by atoms with Crippen LogP contribution in [0.5, 0.6) is 0 Å². The number of hydrogen-bond acceptors (Lipinski definition) is 5. The van der Waals surface area contributed by atoms with Crippen molar-refractivity contribution in [1.82, 2.24) is 9.78 Å². The van der Waals surface area contributed by atoms with Crippen LogP contribution < -0.4 is 0 Å². The number of rotatable bonds is 5. The van der Waals surface area contributed by atoms with Crippen LogP contribution in [0.15, 0.2) is 65.1 Å². The summed E-state index contributed by atoms with van der Waals surface area (Å²) >= 11 is 3.48. The summed E-state index contributed by atoms with van der Waals surface area (Å²) in [6.07, 6.45) is 0. The van der Waals surface area contributed by atoms with E-state index in [9.17, 15) is 9.59 Å². The van der Waals surface area contributed by atoms with Crippen molar-refractivity contribution in [3.05, 3.63) is 76.4 Å². The minimum atomic E-state index is -0.876. The fourth-order valence-electron chi connectivity index (χ4n) is 2.79. The summed E-state index contributed by atoms with van der Waals surface area (Å²) in [6.45, 7) is 0. The average molecular weight is 429 g/mol. The second-order valence-corrected chi connectivity index (χ2v) is 6.52. The molecule has 3 aromatic rings. The Balaban J connectivity index is 2.25. The van der Waals surface area contributed by atoms with Crippen LogP contribution in [0, 0.1) is 0 Å². The lowest BCUT2D eigenvalue weighted by Crippen LogP contribution is -2.24. The minimum absolute atomic E-state index is 0.109. The lowest BCUT2D eigenvalue weighted by Gasteiger charge is -2.19. The van der Waals surface area contributed by atoms with E-state index in [0.29, 0.717) is 11.3 Å². The molecule has 0 spiro atoms. The Bertz CT molecular complexity index is 969. The topological polar surface area (TPSA) is 70.4 Å². The number of ether oxygens (including phenoxy) is 2. The Morgan fingerprint density at radius 2 is 1.67 bits per heavy atom. The summed E-state index contributed by atoms with van der Waals surface area (Å²) in [4.78, 5) is 24.7. The molecule has 0 aliphatic heterocycles. The van der Waals surface area contributed by atoms with Crippen molar-refractivity contribution in [2.45, 2.75) is 6.04 Å². The number of aromatic nitrogens is 2. The zero-order valence-electron chi connectivity index (χ0n) is 14.8. The van der Waals surface area contributed by atoms with Crippen molar-refractivity contribution in [1.29, 1.82) is 0 Å². The Labute approximate surface area is 164 Å². The molecule has 0 saturated carbocycles. The lowest BCUT2D eigenvalue weighted by atomic mass is 10.1. The van der Waals surface area contributed by atoms with Gasteiger partial charge in [0.15, 0.2) is 11.7 Å². The van der Waals surface area contributed by atoms with Gasteiger partial charge in [0.1, 0.15) is 0 Å². The fourth-order valence-corrected chi connectivity index (χ4v) is 3.29. The first kappa shape index (κ1) is 18.8. The number of benzene rings is 2. The lowest BCUT2D eigenvalue weighted by molar-refractivity contribution is -0.143. The van der Waals surface area contributed by atoms with E-state index in [0.717, 1.165) is 10.0 Å². The molecule has 0 N–H and O–H groups in total. The van der Waals surface area contributed by atoms with E-state index in [1.165, 1.54) is 18.9 Å². The van der Waals surface area contributed by atoms with Gasteiger partial charge in [0.2, 0.25) is 0 Å². The van der Waals surface area contributed by atoms with E-state index in [2.05, 4.69) is 21.0 Å². The van der Waals surface area contributed by atoms with Crippen molar-refractivity contribution in [3.8, 4) is 11.3 Å². The zero-order valence-corrected chi connectivity index (χ0v) is 16.3. The number of hydrogen-bond donors (Lipinski definition) is 0. The highest BCUT2D eigenvalue weighted by Crippen LogP contribution is 2.32. The van der Waals surface area contributed by atoms with Crippen LogP contribution in [-0.2, 0) is 14.3 Å². The van der Waals surface area contributed by atoms with Gasteiger partial charge in [-0.05, 0) is 17.7 Å². The third-order valence-electron chi connectivity index (χ3n) is 4.07. The van der Waals surface area contributed by atoms with Crippen molar-refractivity contribution in [2.24, 2.45) is 0 Å². The number of esters is 2. The first-order chi connectivity index (χ1) is 13.1. The Hall–Kier alpha value is -2.93. The number of carbonyl (C=O) groups is 2. The smallest absolute Gasteiger partial charge is 0.358 e. The Kier molecular flexibility index (Phi) is 5.71. The molecule has 0 amide bonds. The van der Waals surface area contributed by atoms with Gasteiger partial charge in [0, 0.05) is 10.0 Å². The summed E-state index contributed by atoms with van der Waals surface area (Å²) in [7, 11) is 2.61. The highest BCUT2D eigenvalue weighted by molar-refractivity contribution is 9.10. The van der Waals surface area contributed by atoms with Gasteiger partial charge >= 0.3 is 11.9 Å².